The van der Waals surface area contributed by atoms with Crippen LogP contribution in [0.2, 0.25) is 0 Å². The van der Waals surface area contributed by atoms with Crippen LogP contribution in [0.5, 0.6) is 0 Å². The summed E-state index contributed by atoms with van der Waals surface area (Å²) >= 11 is 1.45. The van der Waals surface area contributed by atoms with Crippen LogP contribution in [0, 0.1) is 0 Å². The molecule has 2 heterocycles. The van der Waals surface area contributed by atoms with Gasteiger partial charge in [-0.05, 0) is 36.2 Å². The molecule has 0 N–H and O–H groups in total. The van der Waals surface area contributed by atoms with E-state index in [1.165, 1.54) is 11.8 Å². The molecule has 0 atom stereocenters. The molecule has 0 saturated carbocycles. The van der Waals surface area contributed by atoms with Crippen molar-refractivity contribution in [1.29, 1.82) is 0 Å². The van der Waals surface area contributed by atoms with Crippen LogP contribution >= 0.6 is 11.8 Å². The van der Waals surface area contributed by atoms with Gasteiger partial charge in [0, 0.05) is 13.0 Å². The van der Waals surface area contributed by atoms with Crippen LogP contribution < -0.4 is 5.56 Å². The molecule has 0 saturated heterocycles. The molecule has 0 amide bonds. The lowest BCUT2D eigenvalue weighted by Crippen LogP contribution is -2.22. The van der Waals surface area contributed by atoms with Gasteiger partial charge in [-0.15, -0.1) is 0 Å². The minimum Gasteiger partial charge on any atom is -0.338 e. The monoisotopic (exact) mass is 380 g/mol. The van der Waals surface area contributed by atoms with Crippen molar-refractivity contribution >= 4 is 33.4 Å². The molecule has 4 rings (SSSR count). The minimum absolute atomic E-state index is 0.0204. The van der Waals surface area contributed by atoms with E-state index in [0.717, 1.165) is 29.4 Å². The number of rotatable bonds is 6. The third-order valence-electron chi connectivity index (χ3n) is 4.41. The SMILES string of the molecule is CCCc1noc(CSc2nc3cc4ccccc4cc3c(=O)n2CC)n1. The summed E-state index contributed by atoms with van der Waals surface area (Å²) in [5.74, 6) is 1.76. The fourth-order valence-electron chi connectivity index (χ4n) is 3.08. The van der Waals surface area contributed by atoms with Crippen molar-refractivity contribution in [3.05, 3.63) is 58.5 Å². The second-order valence-corrected chi connectivity index (χ2v) is 7.25. The Morgan fingerprint density at radius 3 is 2.63 bits per heavy atom. The molecular weight excluding hydrogens is 360 g/mol. The summed E-state index contributed by atoms with van der Waals surface area (Å²) in [6.07, 6.45) is 1.77. The Morgan fingerprint density at radius 1 is 1.11 bits per heavy atom. The van der Waals surface area contributed by atoms with Gasteiger partial charge in [-0.2, -0.15) is 4.98 Å². The number of aryl methyl sites for hydroxylation is 1. The van der Waals surface area contributed by atoms with Gasteiger partial charge in [0.05, 0.1) is 16.7 Å². The van der Waals surface area contributed by atoms with E-state index in [-0.39, 0.29) is 5.56 Å². The lowest BCUT2D eigenvalue weighted by Gasteiger charge is -2.11. The molecule has 4 aromatic rings. The van der Waals surface area contributed by atoms with Gasteiger partial charge in [0.1, 0.15) is 0 Å². The van der Waals surface area contributed by atoms with Crippen molar-refractivity contribution in [3.8, 4) is 0 Å². The summed E-state index contributed by atoms with van der Waals surface area (Å²) in [5.41, 5.74) is 0.691. The molecule has 2 aromatic carbocycles. The Bertz CT molecular complexity index is 1170. The summed E-state index contributed by atoms with van der Waals surface area (Å²) in [7, 11) is 0. The summed E-state index contributed by atoms with van der Waals surface area (Å²) in [6.45, 7) is 4.58. The molecule has 7 heteroatoms. The van der Waals surface area contributed by atoms with Crippen LogP contribution in [0.3, 0.4) is 0 Å². The first-order chi connectivity index (χ1) is 13.2. The van der Waals surface area contributed by atoms with Crippen molar-refractivity contribution in [2.24, 2.45) is 0 Å². The highest BCUT2D eigenvalue weighted by Gasteiger charge is 2.13. The summed E-state index contributed by atoms with van der Waals surface area (Å²) in [4.78, 5) is 22.1. The van der Waals surface area contributed by atoms with Crippen LogP contribution in [0.1, 0.15) is 32.0 Å². The fraction of sp³-hybridized carbons (Fsp3) is 0.300. The second kappa shape index (κ2) is 7.52. The molecule has 0 unspecified atom stereocenters. The summed E-state index contributed by atoms with van der Waals surface area (Å²) < 4.78 is 6.99. The van der Waals surface area contributed by atoms with Gasteiger partial charge >= 0.3 is 0 Å². The number of hydrogen-bond donors (Lipinski definition) is 0. The van der Waals surface area contributed by atoms with E-state index in [2.05, 4.69) is 17.1 Å². The third kappa shape index (κ3) is 3.47. The average molecular weight is 380 g/mol. The van der Waals surface area contributed by atoms with Gasteiger partial charge in [-0.25, -0.2) is 4.98 Å². The largest absolute Gasteiger partial charge is 0.338 e. The number of benzene rings is 2. The first kappa shape index (κ1) is 17.7. The molecule has 0 radical (unpaired) electrons. The van der Waals surface area contributed by atoms with Crippen molar-refractivity contribution < 1.29 is 4.52 Å². The normalized spacial score (nSPS) is 11.5. The molecule has 138 valence electrons. The maximum Gasteiger partial charge on any atom is 0.262 e. The van der Waals surface area contributed by atoms with Gasteiger partial charge < -0.3 is 4.52 Å². The molecule has 0 spiro atoms. The number of aromatic nitrogens is 4. The Balaban J connectivity index is 1.72. The van der Waals surface area contributed by atoms with Crippen LogP contribution in [0.4, 0.5) is 0 Å². The van der Waals surface area contributed by atoms with Crippen LogP contribution in [-0.4, -0.2) is 19.7 Å². The van der Waals surface area contributed by atoms with Crippen LogP contribution in [-0.2, 0) is 18.7 Å². The molecule has 0 fully saturated rings. The van der Waals surface area contributed by atoms with E-state index in [0.29, 0.717) is 34.2 Å². The lowest BCUT2D eigenvalue weighted by molar-refractivity contribution is 0.384. The number of fused-ring (bicyclic) bond motifs is 2. The number of nitrogens with zero attached hydrogens (tertiary/aromatic N) is 4. The molecule has 0 aliphatic carbocycles. The third-order valence-corrected chi connectivity index (χ3v) is 5.37. The zero-order chi connectivity index (χ0) is 18.8. The lowest BCUT2D eigenvalue weighted by atomic mass is 10.1. The molecule has 2 aromatic heterocycles. The predicted octanol–water partition coefficient (Wildman–Crippen LogP) is 4.20. The maximum atomic E-state index is 13.0. The highest BCUT2D eigenvalue weighted by atomic mass is 32.2. The van der Waals surface area contributed by atoms with E-state index < -0.39 is 0 Å². The highest BCUT2D eigenvalue weighted by molar-refractivity contribution is 7.98. The topological polar surface area (TPSA) is 73.8 Å². The molecule has 0 bridgehead atoms. The number of thioether (sulfide) groups is 1. The first-order valence-electron chi connectivity index (χ1n) is 9.07. The predicted molar refractivity (Wildman–Crippen MR) is 107 cm³/mol. The van der Waals surface area contributed by atoms with Gasteiger partial charge in [0.2, 0.25) is 5.89 Å². The van der Waals surface area contributed by atoms with E-state index in [9.17, 15) is 4.79 Å². The maximum absolute atomic E-state index is 13.0. The Morgan fingerprint density at radius 2 is 1.89 bits per heavy atom. The molecule has 6 nitrogen and oxygen atoms in total. The Hall–Kier alpha value is -2.67. The van der Waals surface area contributed by atoms with E-state index in [4.69, 9.17) is 9.51 Å². The van der Waals surface area contributed by atoms with Crippen LogP contribution in [0.25, 0.3) is 21.7 Å². The molecular formula is C20H20N4O2S. The van der Waals surface area contributed by atoms with Crippen molar-refractivity contribution in [1.82, 2.24) is 19.7 Å². The smallest absolute Gasteiger partial charge is 0.262 e. The Kier molecular flexibility index (Phi) is 4.94. The summed E-state index contributed by atoms with van der Waals surface area (Å²) in [5, 5.41) is 7.40. The summed E-state index contributed by atoms with van der Waals surface area (Å²) in [6, 6.07) is 11.9. The quantitative estimate of drug-likeness (QED) is 0.284. The zero-order valence-electron chi connectivity index (χ0n) is 15.3. The van der Waals surface area contributed by atoms with Crippen LogP contribution in [0.15, 0.2) is 50.9 Å². The highest BCUT2D eigenvalue weighted by Crippen LogP contribution is 2.24. The zero-order valence-corrected chi connectivity index (χ0v) is 16.1. The van der Waals surface area contributed by atoms with Crippen molar-refractivity contribution in [2.75, 3.05) is 0 Å². The molecule has 27 heavy (non-hydrogen) atoms. The van der Waals surface area contributed by atoms with Gasteiger partial charge in [-0.3, -0.25) is 9.36 Å². The fourth-order valence-corrected chi connectivity index (χ4v) is 3.98. The molecule has 0 aliphatic rings. The second-order valence-electron chi connectivity index (χ2n) is 6.30. The number of hydrogen-bond acceptors (Lipinski definition) is 6. The van der Waals surface area contributed by atoms with E-state index >= 15 is 0 Å². The van der Waals surface area contributed by atoms with Crippen molar-refractivity contribution in [3.63, 3.8) is 0 Å². The van der Waals surface area contributed by atoms with Gasteiger partial charge in [0.15, 0.2) is 11.0 Å². The first-order valence-corrected chi connectivity index (χ1v) is 10.1. The van der Waals surface area contributed by atoms with E-state index in [1.54, 1.807) is 4.57 Å². The van der Waals surface area contributed by atoms with Crippen molar-refractivity contribution in [2.45, 2.75) is 44.1 Å². The standard InChI is InChI=1S/C20H20N4O2S/c1-3-7-17-22-18(26-23-17)12-27-20-21-16-11-14-9-6-5-8-13(14)10-15(16)19(25)24(20)4-2/h5-6,8-11H,3-4,7,12H2,1-2H3. The molecule has 0 aliphatic heterocycles. The average Bonchev–Trinajstić information content (AvgIpc) is 3.13. The van der Waals surface area contributed by atoms with Gasteiger partial charge in [-0.1, -0.05) is 48.1 Å². The Labute approximate surface area is 160 Å². The minimum atomic E-state index is -0.0204. The van der Waals surface area contributed by atoms with E-state index in [1.807, 2.05) is 43.3 Å². The van der Waals surface area contributed by atoms with Gasteiger partial charge in [0.25, 0.3) is 5.56 Å².